The molecule has 0 unspecified atom stereocenters. The number of amides is 3. The summed E-state index contributed by atoms with van der Waals surface area (Å²) in [7, 11) is 0. The molecule has 16 heavy (non-hydrogen) atoms. The van der Waals surface area contributed by atoms with Crippen LogP contribution in [0.25, 0.3) is 0 Å². The number of benzene rings is 1. The number of nitrogens with one attached hydrogen (secondary N) is 1. The second kappa shape index (κ2) is 4.58. The van der Waals surface area contributed by atoms with Gasteiger partial charge in [0, 0.05) is 16.5 Å². The predicted octanol–water partition coefficient (Wildman–Crippen LogP) is 2.39. The van der Waals surface area contributed by atoms with Crippen LogP contribution in [0.5, 0.6) is 0 Å². The maximum atomic E-state index is 11.6. The van der Waals surface area contributed by atoms with Gasteiger partial charge in [-0.3, -0.25) is 15.0 Å². The van der Waals surface area contributed by atoms with Crippen molar-refractivity contribution in [2.24, 2.45) is 0 Å². The quantitative estimate of drug-likeness (QED) is 0.791. The van der Waals surface area contributed by atoms with Crippen molar-refractivity contribution in [3.8, 4) is 0 Å². The van der Waals surface area contributed by atoms with Gasteiger partial charge in [0.05, 0.1) is 10.7 Å². The van der Waals surface area contributed by atoms with E-state index in [1.54, 1.807) is 12.1 Å². The lowest BCUT2D eigenvalue weighted by atomic mass is 10.2. The van der Waals surface area contributed by atoms with Crippen LogP contribution in [0.4, 0.5) is 10.5 Å². The molecule has 1 aliphatic rings. The summed E-state index contributed by atoms with van der Waals surface area (Å²) in [5.74, 6) is -0.247. The molecular weight excluding hydrogens is 342 g/mol. The first kappa shape index (κ1) is 11.7. The zero-order chi connectivity index (χ0) is 11.7. The number of urea groups is 1. The maximum absolute atomic E-state index is 11.6. The van der Waals surface area contributed by atoms with Gasteiger partial charge in [-0.2, -0.15) is 0 Å². The number of hydrogen-bond donors (Lipinski definition) is 1. The lowest BCUT2D eigenvalue weighted by Gasteiger charge is -2.27. The van der Waals surface area contributed by atoms with E-state index in [1.165, 1.54) is 4.90 Å². The standard InChI is InChI=1S/C10H8ClIN2O2/c11-7-5-6(12)1-2-8(7)14-4-3-9(15)13-10(14)16/h1-2,5H,3-4H2,(H,13,15,16). The van der Waals surface area contributed by atoms with E-state index in [9.17, 15) is 9.59 Å². The fourth-order valence-corrected chi connectivity index (χ4v) is 2.45. The van der Waals surface area contributed by atoms with E-state index in [4.69, 9.17) is 11.6 Å². The topological polar surface area (TPSA) is 49.4 Å². The minimum atomic E-state index is -0.417. The average molecular weight is 351 g/mol. The van der Waals surface area contributed by atoms with Crippen LogP contribution in [0.15, 0.2) is 18.2 Å². The Balaban J connectivity index is 2.30. The molecule has 4 nitrogen and oxygen atoms in total. The Morgan fingerprint density at radius 3 is 2.75 bits per heavy atom. The van der Waals surface area contributed by atoms with E-state index >= 15 is 0 Å². The number of carbonyl (C=O) groups is 2. The summed E-state index contributed by atoms with van der Waals surface area (Å²) >= 11 is 8.20. The molecule has 0 spiro atoms. The third-order valence-corrected chi connectivity index (χ3v) is 3.23. The molecule has 1 fully saturated rings. The Kier molecular flexibility index (Phi) is 3.34. The highest BCUT2D eigenvalue weighted by atomic mass is 127. The minimum Gasteiger partial charge on any atom is -0.292 e. The highest BCUT2D eigenvalue weighted by molar-refractivity contribution is 14.1. The number of rotatable bonds is 1. The van der Waals surface area contributed by atoms with Crippen molar-refractivity contribution in [3.05, 3.63) is 26.8 Å². The van der Waals surface area contributed by atoms with Crippen LogP contribution in [0, 0.1) is 3.57 Å². The van der Waals surface area contributed by atoms with Crippen LogP contribution in [0.2, 0.25) is 5.02 Å². The van der Waals surface area contributed by atoms with Crippen LogP contribution in [0.3, 0.4) is 0 Å². The third-order valence-electron chi connectivity index (χ3n) is 2.25. The molecule has 84 valence electrons. The van der Waals surface area contributed by atoms with Crippen LogP contribution < -0.4 is 10.2 Å². The molecule has 0 aromatic heterocycles. The van der Waals surface area contributed by atoms with E-state index < -0.39 is 6.03 Å². The van der Waals surface area contributed by atoms with Crippen LogP contribution in [-0.4, -0.2) is 18.5 Å². The van der Waals surface area contributed by atoms with Crippen molar-refractivity contribution in [2.45, 2.75) is 6.42 Å². The molecule has 0 atom stereocenters. The maximum Gasteiger partial charge on any atom is 0.328 e. The normalized spacial score (nSPS) is 16.2. The lowest BCUT2D eigenvalue weighted by Crippen LogP contribution is -2.49. The Bertz CT molecular complexity index is 464. The van der Waals surface area contributed by atoms with Gasteiger partial charge in [-0.05, 0) is 40.8 Å². The molecule has 0 aliphatic carbocycles. The Morgan fingerprint density at radius 2 is 2.12 bits per heavy atom. The molecular formula is C10H8ClIN2O2. The van der Waals surface area contributed by atoms with Gasteiger partial charge in [0.1, 0.15) is 0 Å². The minimum absolute atomic E-state index is 0.247. The number of imide groups is 1. The molecule has 1 aliphatic heterocycles. The zero-order valence-corrected chi connectivity index (χ0v) is 11.1. The summed E-state index contributed by atoms with van der Waals surface area (Å²) in [4.78, 5) is 24.0. The summed E-state index contributed by atoms with van der Waals surface area (Å²) in [5.41, 5.74) is 0.632. The predicted molar refractivity (Wildman–Crippen MR) is 69.7 cm³/mol. The SMILES string of the molecule is O=C1CCN(c2ccc(I)cc2Cl)C(=O)N1. The second-order valence-corrected chi connectivity index (χ2v) is 5.00. The number of hydrogen-bond acceptors (Lipinski definition) is 2. The summed E-state index contributed by atoms with van der Waals surface area (Å²) < 4.78 is 1.000. The number of halogens is 2. The van der Waals surface area contributed by atoms with E-state index in [-0.39, 0.29) is 5.91 Å². The number of anilines is 1. The monoisotopic (exact) mass is 350 g/mol. The zero-order valence-electron chi connectivity index (χ0n) is 8.17. The fraction of sp³-hybridized carbons (Fsp3) is 0.200. The van der Waals surface area contributed by atoms with Crippen LogP contribution in [-0.2, 0) is 4.79 Å². The summed E-state index contributed by atoms with van der Waals surface area (Å²) in [6, 6.07) is 5.01. The van der Waals surface area contributed by atoms with Gasteiger partial charge in [0.15, 0.2) is 0 Å². The average Bonchev–Trinajstić information content (AvgIpc) is 2.19. The first-order valence-corrected chi connectivity index (χ1v) is 6.10. The van der Waals surface area contributed by atoms with Gasteiger partial charge in [-0.15, -0.1) is 0 Å². The van der Waals surface area contributed by atoms with Crippen LogP contribution in [0.1, 0.15) is 6.42 Å². The highest BCUT2D eigenvalue weighted by Crippen LogP contribution is 2.28. The molecule has 0 bridgehead atoms. The number of carbonyl (C=O) groups excluding carboxylic acids is 2. The third kappa shape index (κ3) is 2.30. The Morgan fingerprint density at radius 1 is 1.38 bits per heavy atom. The summed E-state index contributed by atoms with van der Waals surface area (Å²) in [6.07, 6.45) is 0.300. The van der Waals surface area contributed by atoms with Gasteiger partial charge < -0.3 is 0 Å². The number of nitrogens with zero attached hydrogens (tertiary/aromatic N) is 1. The molecule has 1 heterocycles. The molecule has 0 radical (unpaired) electrons. The van der Waals surface area contributed by atoms with Gasteiger partial charge in [0.25, 0.3) is 0 Å². The van der Waals surface area contributed by atoms with E-state index in [0.717, 1.165) is 3.57 Å². The Labute approximate surface area is 111 Å². The summed E-state index contributed by atoms with van der Waals surface area (Å²) in [5, 5.41) is 2.77. The van der Waals surface area contributed by atoms with Crippen molar-refractivity contribution >= 4 is 51.8 Å². The van der Waals surface area contributed by atoms with Crippen molar-refractivity contribution < 1.29 is 9.59 Å². The highest BCUT2D eigenvalue weighted by Gasteiger charge is 2.25. The van der Waals surface area contributed by atoms with E-state index in [1.807, 2.05) is 6.07 Å². The van der Waals surface area contributed by atoms with E-state index in [0.29, 0.717) is 23.7 Å². The van der Waals surface area contributed by atoms with Crippen molar-refractivity contribution in [1.82, 2.24) is 5.32 Å². The molecule has 1 saturated heterocycles. The van der Waals surface area contributed by atoms with E-state index in [2.05, 4.69) is 27.9 Å². The van der Waals surface area contributed by atoms with Crippen molar-refractivity contribution in [2.75, 3.05) is 11.4 Å². The first-order valence-electron chi connectivity index (χ1n) is 4.64. The summed E-state index contributed by atoms with van der Waals surface area (Å²) in [6.45, 7) is 0.366. The van der Waals surface area contributed by atoms with Crippen LogP contribution >= 0.6 is 34.2 Å². The Hall–Kier alpha value is -0.820. The van der Waals surface area contributed by atoms with Gasteiger partial charge in [-0.1, -0.05) is 11.6 Å². The van der Waals surface area contributed by atoms with Crippen molar-refractivity contribution in [3.63, 3.8) is 0 Å². The second-order valence-electron chi connectivity index (χ2n) is 3.35. The van der Waals surface area contributed by atoms with Gasteiger partial charge in [-0.25, -0.2) is 4.79 Å². The lowest BCUT2D eigenvalue weighted by molar-refractivity contribution is -0.120. The smallest absolute Gasteiger partial charge is 0.292 e. The van der Waals surface area contributed by atoms with Gasteiger partial charge in [0.2, 0.25) is 5.91 Å². The molecule has 3 amide bonds. The molecule has 0 saturated carbocycles. The molecule has 1 aromatic rings. The molecule has 1 aromatic carbocycles. The molecule has 6 heteroatoms. The molecule has 1 N–H and O–H groups in total. The van der Waals surface area contributed by atoms with Crippen molar-refractivity contribution in [1.29, 1.82) is 0 Å². The first-order chi connectivity index (χ1) is 7.58. The largest absolute Gasteiger partial charge is 0.328 e. The molecule has 2 rings (SSSR count). The van der Waals surface area contributed by atoms with Gasteiger partial charge >= 0.3 is 6.03 Å². The fourth-order valence-electron chi connectivity index (χ4n) is 1.49.